The fourth-order valence-corrected chi connectivity index (χ4v) is 2.98. The van der Waals surface area contributed by atoms with Gasteiger partial charge in [0.1, 0.15) is 18.2 Å². The lowest BCUT2D eigenvalue weighted by atomic mass is 10.1. The Labute approximate surface area is 154 Å². The van der Waals surface area contributed by atoms with Crippen LogP contribution in [0.15, 0.2) is 42.6 Å². The van der Waals surface area contributed by atoms with E-state index in [-0.39, 0.29) is 5.91 Å². The smallest absolute Gasteiger partial charge is 0.255 e. The van der Waals surface area contributed by atoms with Crippen molar-refractivity contribution in [3.8, 4) is 5.75 Å². The minimum Gasteiger partial charge on any atom is -0.490 e. The number of benzene rings is 1. The zero-order valence-electron chi connectivity index (χ0n) is 15.1. The van der Waals surface area contributed by atoms with Crippen LogP contribution in [0.3, 0.4) is 0 Å². The van der Waals surface area contributed by atoms with Crippen LogP contribution in [0.25, 0.3) is 0 Å². The van der Waals surface area contributed by atoms with Gasteiger partial charge in [-0.2, -0.15) is 0 Å². The first kappa shape index (κ1) is 18.2. The van der Waals surface area contributed by atoms with Gasteiger partial charge in [-0.1, -0.05) is 12.1 Å². The van der Waals surface area contributed by atoms with E-state index >= 15 is 0 Å². The molecule has 6 nitrogen and oxygen atoms in total. The van der Waals surface area contributed by atoms with E-state index in [1.807, 2.05) is 24.3 Å². The predicted molar refractivity (Wildman–Crippen MR) is 101 cm³/mol. The second kappa shape index (κ2) is 9.20. The van der Waals surface area contributed by atoms with Gasteiger partial charge >= 0.3 is 0 Å². The number of hydrogen-bond donors (Lipinski definition) is 1. The number of nitrogens with zero attached hydrogens (tertiary/aromatic N) is 2. The van der Waals surface area contributed by atoms with Gasteiger partial charge in [0.2, 0.25) is 0 Å². The van der Waals surface area contributed by atoms with Gasteiger partial charge in [0, 0.05) is 32.9 Å². The minimum absolute atomic E-state index is 0.155. The zero-order chi connectivity index (χ0) is 18.2. The summed E-state index contributed by atoms with van der Waals surface area (Å²) in [5, 5.41) is 2.97. The Morgan fingerprint density at radius 2 is 2.00 bits per heavy atom. The van der Waals surface area contributed by atoms with Gasteiger partial charge in [-0.3, -0.25) is 4.79 Å². The van der Waals surface area contributed by atoms with Crippen molar-refractivity contribution in [3.05, 3.63) is 53.7 Å². The molecule has 0 spiro atoms. The highest BCUT2D eigenvalue weighted by Gasteiger charge is 2.15. The summed E-state index contributed by atoms with van der Waals surface area (Å²) in [6, 6.07) is 11.2. The van der Waals surface area contributed by atoms with E-state index < -0.39 is 0 Å². The van der Waals surface area contributed by atoms with E-state index in [0.29, 0.717) is 31.1 Å². The monoisotopic (exact) mass is 355 g/mol. The molecule has 1 amide bonds. The number of pyridine rings is 1. The van der Waals surface area contributed by atoms with E-state index in [4.69, 9.17) is 9.47 Å². The van der Waals surface area contributed by atoms with Crippen molar-refractivity contribution in [3.63, 3.8) is 0 Å². The highest BCUT2D eigenvalue weighted by Crippen LogP contribution is 2.20. The van der Waals surface area contributed by atoms with E-state index in [1.165, 1.54) is 12.8 Å². The van der Waals surface area contributed by atoms with Gasteiger partial charge < -0.3 is 19.7 Å². The lowest BCUT2D eigenvalue weighted by Crippen LogP contribution is -2.24. The van der Waals surface area contributed by atoms with Crippen LogP contribution in [-0.2, 0) is 11.3 Å². The van der Waals surface area contributed by atoms with Crippen LogP contribution in [-0.4, -0.2) is 44.3 Å². The van der Waals surface area contributed by atoms with Crippen LogP contribution in [0.2, 0.25) is 0 Å². The van der Waals surface area contributed by atoms with Crippen molar-refractivity contribution < 1.29 is 14.3 Å². The van der Waals surface area contributed by atoms with Crippen molar-refractivity contribution >= 4 is 11.7 Å². The quantitative estimate of drug-likeness (QED) is 0.738. The number of ether oxygens (including phenoxy) is 2. The molecule has 6 heteroatoms. The molecule has 26 heavy (non-hydrogen) atoms. The van der Waals surface area contributed by atoms with Crippen LogP contribution >= 0.6 is 0 Å². The molecule has 1 aliphatic rings. The summed E-state index contributed by atoms with van der Waals surface area (Å²) in [5.41, 5.74) is 1.56. The second-order valence-electron chi connectivity index (χ2n) is 6.24. The minimum atomic E-state index is -0.155. The molecule has 2 heterocycles. The summed E-state index contributed by atoms with van der Waals surface area (Å²) in [4.78, 5) is 19.3. The molecule has 1 aromatic heterocycles. The van der Waals surface area contributed by atoms with E-state index in [0.717, 1.165) is 24.5 Å². The standard InChI is InChI=1S/C20H25N3O3/c1-25-12-13-26-18-7-3-2-6-17(18)20(24)22-15-16-8-9-21-19(14-16)23-10-4-5-11-23/h2-3,6-9,14H,4-5,10-13,15H2,1H3,(H,22,24). The Kier molecular flexibility index (Phi) is 6.44. The number of hydrogen-bond acceptors (Lipinski definition) is 5. The molecule has 1 aliphatic heterocycles. The van der Waals surface area contributed by atoms with E-state index in [1.54, 1.807) is 25.4 Å². The first-order chi connectivity index (χ1) is 12.8. The number of rotatable bonds is 8. The average Bonchev–Trinajstić information content (AvgIpc) is 3.22. The third-order valence-electron chi connectivity index (χ3n) is 4.37. The summed E-state index contributed by atoms with van der Waals surface area (Å²) in [7, 11) is 1.62. The van der Waals surface area contributed by atoms with Gasteiger partial charge in [-0.15, -0.1) is 0 Å². The summed E-state index contributed by atoms with van der Waals surface area (Å²) >= 11 is 0. The maximum atomic E-state index is 12.6. The van der Waals surface area contributed by atoms with Crippen molar-refractivity contribution in [1.82, 2.24) is 10.3 Å². The van der Waals surface area contributed by atoms with Gasteiger partial charge in [0.15, 0.2) is 0 Å². The fraction of sp³-hybridized carbons (Fsp3) is 0.400. The summed E-state index contributed by atoms with van der Waals surface area (Å²) in [5.74, 6) is 1.39. The Balaban J connectivity index is 1.61. The molecule has 0 saturated carbocycles. The molecule has 0 atom stereocenters. The van der Waals surface area contributed by atoms with E-state index in [2.05, 4.69) is 15.2 Å². The normalized spacial score (nSPS) is 13.7. The Hall–Kier alpha value is -2.60. The lowest BCUT2D eigenvalue weighted by molar-refractivity contribution is 0.0943. The Morgan fingerprint density at radius 3 is 2.81 bits per heavy atom. The third kappa shape index (κ3) is 4.73. The number of nitrogens with one attached hydrogen (secondary N) is 1. The molecule has 1 N–H and O–H groups in total. The number of anilines is 1. The molecule has 1 saturated heterocycles. The molecule has 3 rings (SSSR count). The predicted octanol–water partition coefficient (Wildman–Crippen LogP) is 2.64. The molecule has 0 unspecified atom stereocenters. The Bertz CT molecular complexity index is 730. The van der Waals surface area contributed by atoms with Crippen molar-refractivity contribution in [1.29, 1.82) is 0 Å². The fourth-order valence-electron chi connectivity index (χ4n) is 2.98. The first-order valence-corrected chi connectivity index (χ1v) is 8.97. The highest BCUT2D eigenvalue weighted by molar-refractivity contribution is 5.96. The molecule has 138 valence electrons. The van der Waals surface area contributed by atoms with Crippen LogP contribution in [0.5, 0.6) is 5.75 Å². The molecule has 0 radical (unpaired) electrons. The first-order valence-electron chi connectivity index (χ1n) is 8.97. The number of carbonyl (C=O) groups is 1. The molecular weight excluding hydrogens is 330 g/mol. The second-order valence-corrected chi connectivity index (χ2v) is 6.24. The summed E-state index contributed by atoms with van der Waals surface area (Å²) in [6.45, 7) is 3.44. The van der Waals surface area contributed by atoms with Crippen LogP contribution in [0, 0.1) is 0 Å². The largest absolute Gasteiger partial charge is 0.490 e. The lowest BCUT2D eigenvalue weighted by Gasteiger charge is -2.17. The number of methoxy groups -OCH3 is 1. The van der Waals surface area contributed by atoms with Crippen molar-refractivity contribution in [2.75, 3.05) is 38.3 Å². The number of aromatic nitrogens is 1. The molecule has 1 aromatic carbocycles. The Morgan fingerprint density at radius 1 is 1.19 bits per heavy atom. The molecule has 2 aromatic rings. The average molecular weight is 355 g/mol. The maximum absolute atomic E-state index is 12.6. The third-order valence-corrected chi connectivity index (χ3v) is 4.37. The molecule has 1 fully saturated rings. The van der Waals surface area contributed by atoms with Gasteiger partial charge in [0.25, 0.3) is 5.91 Å². The summed E-state index contributed by atoms with van der Waals surface area (Å²) < 4.78 is 10.6. The van der Waals surface area contributed by atoms with Crippen molar-refractivity contribution in [2.45, 2.75) is 19.4 Å². The topological polar surface area (TPSA) is 63.7 Å². The van der Waals surface area contributed by atoms with Crippen LogP contribution in [0.1, 0.15) is 28.8 Å². The van der Waals surface area contributed by atoms with Gasteiger partial charge in [-0.05, 0) is 42.7 Å². The van der Waals surface area contributed by atoms with Crippen LogP contribution < -0.4 is 15.0 Å². The maximum Gasteiger partial charge on any atom is 0.255 e. The number of para-hydroxylation sites is 1. The molecule has 0 bridgehead atoms. The van der Waals surface area contributed by atoms with Gasteiger partial charge in [-0.25, -0.2) is 4.98 Å². The number of carbonyl (C=O) groups excluding carboxylic acids is 1. The molecular formula is C20H25N3O3. The SMILES string of the molecule is COCCOc1ccccc1C(=O)NCc1ccnc(N2CCCC2)c1. The molecule has 0 aliphatic carbocycles. The van der Waals surface area contributed by atoms with Crippen molar-refractivity contribution in [2.24, 2.45) is 0 Å². The van der Waals surface area contributed by atoms with Crippen LogP contribution in [0.4, 0.5) is 5.82 Å². The number of amides is 1. The van der Waals surface area contributed by atoms with E-state index in [9.17, 15) is 4.79 Å². The summed E-state index contributed by atoms with van der Waals surface area (Å²) in [6.07, 6.45) is 4.22. The van der Waals surface area contributed by atoms with Gasteiger partial charge in [0.05, 0.1) is 12.2 Å². The zero-order valence-corrected chi connectivity index (χ0v) is 15.1. The highest BCUT2D eigenvalue weighted by atomic mass is 16.5.